The summed E-state index contributed by atoms with van der Waals surface area (Å²) in [5.41, 5.74) is 1.91. The summed E-state index contributed by atoms with van der Waals surface area (Å²) in [6.45, 7) is 10.1. The van der Waals surface area contributed by atoms with E-state index in [1.54, 1.807) is 0 Å². The molecule has 0 aromatic heterocycles. The van der Waals surface area contributed by atoms with E-state index in [1.807, 2.05) is 0 Å². The summed E-state index contributed by atoms with van der Waals surface area (Å²) in [7, 11) is 0. The molecule has 7 heteroatoms. The molecule has 28 heavy (non-hydrogen) atoms. The first-order valence-corrected chi connectivity index (χ1v) is 10.1. The zero-order valence-corrected chi connectivity index (χ0v) is 16.5. The van der Waals surface area contributed by atoms with E-state index in [9.17, 15) is 25.5 Å². The lowest BCUT2D eigenvalue weighted by Gasteiger charge is -2.52. The van der Waals surface area contributed by atoms with Crippen molar-refractivity contribution in [2.24, 2.45) is 17.3 Å². The Morgan fingerprint density at radius 1 is 1.14 bits per heavy atom. The van der Waals surface area contributed by atoms with Crippen LogP contribution in [0.1, 0.15) is 39.0 Å². The molecular formula is C21H34O7. The molecule has 3 aliphatic rings. The van der Waals surface area contributed by atoms with E-state index >= 15 is 0 Å². The van der Waals surface area contributed by atoms with Gasteiger partial charge in [-0.2, -0.15) is 0 Å². The number of aliphatic hydroxyl groups is 5. The number of ether oxygens (including phenoxy) is 2. The Morgan fingerprint density at radius 2 is 1.82 bits per heavy atom. The van der Waals surface area contributed by atoms with Crippen LogP contribution in [0.15, 0.2) is 24.3 Å². The summed E-state index contributed by atoms with van der Waals surface area (Å²) in [6, 6.07) is 0. The maximum atomic E-state index is 10.3. The van der Waals surface area contributed by atoms with Crippen molar-refractivity contribution in [3.63, 3.8) is 0 Å². The van der Waals surface area contributed by atoms with Gasteiger partial charge in [0.25, 0.3) is 0 Å². The molecule has 0 aromatic carbocycles. The minimum absolute atomic E-state index is 0.00856. The molecule has 1 aliphatic heterocycles. The molecule has 3 fully saturated rings. The minimum atomic E-state index is -1.45. The molecule has 0 amide bonds. The second kappa shape index (κ2) is 8.52. The average molecular weight is 398 g/mol. The molecule has 9 atom stereocenters. The summed E-state index contributed by atoms with van der Waals surface area (Å²) >= 11 is 0. The molecule has 2 aliphatic carbocycles. The van der Waals surface area contributed by atoms with Gasteiger partial charge in [-0.05, 0) is 60.5 Å². The van der Waals surface area contributed by atoms with Gasteiger partial charge in [-0.15, -0.1) is 0 Å². The van der Waals surface area contributed by atoms with E-state index in [2.05, 4.69) is 20.1 Å². The molecule has 1 saturated heterocycles. The van der Waals surface area contributed by atoms with Gasteiger partial charge in [-0.1, -0.05) is 20.1 Å². The fourth-order valence-electron chi connectivity index (χ4n) is 5.13. The van der Waals surface area contributed by atoms with Crippen LogP contribution in [0, 0.1) is 17.3 Å². The number of rotatable bonds is 5. The SMILES string of the molecule is C=C(CO)C1CCC2(C)CCC(OC3OC(CO)C(O)C(O)C3O)C(=C)C2C1. The molecule has 7 nitrogen and oxygen atoms in total. The molecule has 3 rings (SSSR count). The van der Waals surface area contributed by atoms with Crippen LogP contribution in [0.25, 0.3) is 0 Å². The van der Waals surface area contributed by atoms with Crippen LogP contribution in [0.2, 0.25) is 0 Å². The molecule has 0 spiro atoms. The van der Waals surface area contributed by atoms with E-state index in [4.69, 9.17) is 9.47 Å². The van der Waals surface area contributed by atoms with Gasteiger partial charge in [0.1, 0.15) is 24.4 Å². The van der Waals surface area contributed by atoms with Crippen molar-refractivity contribution >= 4 is 0 Å². The van der Waals surface area contributed by atoms with E-state index in [0.717, 1.165) is 43.3 Å². The van der Waals surface area contributed by atoms with Crippen LogP contribution in [0.3, 0.4) is 0 Å². The van der Waals surface area contributed by atoms with Crippen LogP contribution < -0.4 is 0 Å². The first kappa shape index (κ1) is 21.9. The number of hydrogen-bond acceptors (Lipinski definition) is 7. The van der Waals surface area contributed by atoms with Crippen molar-refractivity contribution in [3.8, 4) is 0 Å². The summed E-state index contributed by atoms with van der Waals surface area (Å²) in [5.74, 6) is 0.462. The quantitative estimate of drug-likeness (QED) is 0.338. The zero-order valence-electron chi connectivity index (χ0n) is 16.5. The summed E-state index contributed by atoms with van der Waals surface area (Å²) in [6.07, 6.45) is -2.16. The smallest absolute Gasteiger partial charge is 0.187 e. The van der Waals surface area contributed by atoms with Crippen LogP contribution in [0.5, 0.6) is 0 Å². The summed E-state index contributed by atoms with van der Waals surface area (Å²) < 4.78 is 11.5. The third kappa shape index (κ3) is 3.94. The van der Waals surface area contributed by atoms with Crippen molar-refractivity contribution in [1.29, 1.82) is 0 Å². The molecule has 5 N–H and O–H groups in total. The molecule has 0 radical (unpaired) electrons. The lowest BCUT2D eigenvalue weighted by molar-refractivity contribution is -0.310. The van der Waals surface area contributed by atoms with Crippen molar-refractivity contribution in [2.75, 3.05) is 13.2 Å². The molecule has 2 saturated carbocycles. The maximum absolute atomic E-state index is 10.3. The lowest BCUT2D eigenvalue weighted by atomic mass is 9.55. The molecule has 1 heterocycles. The average Bonchev–Trinajstić information content (AvgIpc) is 2.69. The summed E-state index contributed by atoms with van der Waals surface area (Å²) in [5, 5.41) is 49.0. The highest BCUT2D eigenvalue weighted by Crippen LogP contribution is 2.55. The van der Waals surface area contributed by atoms with Gasteiger partial charge in [-0.3, -0.25) is 0 Å². The van der Waals surface area contributed by atoms with Crippen LogP contribution >= 0.6 is 0 Å². The molecule has 9 unspecified atom stereocenters. The Hall–Kier alpha value is -0.800. The van der Waals surface area contributed by atoms with E-state index in [-0.39, 0.29) is 30.0 Å². The Balaban J connectivity index is 1.70. The van der Waals surface area contributed by atoms with Gasteiger partial charge in [0.15, 0.2) is 6.29 Å². The van der Waals surface area contributed by atoms with Gasteiger partial charge < -0.3 is 35.0 Å². The molecule has 160 valence electrons. The molecule has 0 aromatic rings. The minimum Gasteiger partial charge on any atom is -0.394 e. The predicted molar refractivity (Wildman–Crippen MR) is 102 cm³/mol. The van der Waals surface area contributed by atoms with Crippen molar-refractivity contribution < 1.29 is 35.0 Å². The maximum Gasteiger partial charge on any atom is 0.187 e. The zero-order chi connectivity index (χ0) is 20.6. The van der Waals surface area contributed by atoms with Gasteiger partial charge in [0.2, 0.25) is 0 Å². The largest absolute Gasteiger partial charge is 0.394 e. The van der Waals surface area contributed by atoms with Gasteiger partial charge in [0.05, 0.1) is 19.3 Å². The fourth-order valence-corrected chi connectivity index (χ4v) is 5.13. The highest BCUT2D eigenvalue weighted by molar-refractivity contribution is 5.20. The monoisotopic (exact) mass is 398 g/mol. The van der Waals surface area contributed by atoms with E-state index < -0.39 is 37.3 Å². The fraction of sp³-hybridized carbons (Fsp3) is 0.810. The first-order chi connectivity index (χ1) is 13.2. The van der Waals surface area contributed by atoms with Crippen LogP contribution in [-0.2, 0) is 9.47 Å². The first-order valence-electron chi connectivity index (χ1n) is 10.1. The lowest BCUT2D eigenvalue weighted by Crippen LogP contribution is -2.60. The summed E-state index contributed by atoms with van der Waals surface area (Å²) in [4.78, 5) is 0. The molecule has 0 bridgehead atoms. The van der Waals surface area contributed by atoms with Gasteiger partial charge in [0, 0.05) is 0 Å². The second-order valence-corrected chi connectivity index (χ2v) is 8.93. The third-order valence-electron chi connectivity index (χ3n) is 7.19. The number of hydrogen-bond donors (Lipinski definition) is 5. The normalized spacial score (nSPS) is 46.9. The van der Waals surface area contributed by atoms with Crippen LogP contribution in [0.4, 0.5) is 0 Å². The number of aliphatic hydroxyl groups excluding tert-OH is 5. The standard InChI is InChI=1S/C21H34O7/c1-11(9-22)13-4-6-21(3)7-5-15(12(2)14(21)8-13)27-20-19(26)18(25)17(24)16(10-23)28-20/h13-20,22-26H,1-2,4-10H2,3H3. The van der Waals surface area contributed by atoms with Gasteiger partial charge >= 0.3 is 0 Å². The second-order valence-electron chi connectivity index (χ2n) is 8.93. The predicted octanol–water partition coefficient (Wildman–Crippen LogP) is 0.493. The Labute approximate surface area is 166 Å². The van der Waals surface area contributed by atoms with Crippen LogP contribution in [-0.4, -0.2) is 75.6 Å². The topological polar surface area (TPSA) is 120 Å². The Kier molecular flexibility index (Phi) is 6.66. The highest BCUT2D eigenvalue weighted by Gasteiger charge is 2.49. The number of fused-ring (bicyclic) bond motifs is 1. The van der Waals surface area contributed by atoms with Crippen molar-refractivity contribution in [3.05, 3.63) is 24.3 Å². The van der Waals surface area contributed by atoms with E-state index in [1.165, 1.54) is 0 Å². The third-order valence-corrected chi connectivity index (χ3v) is 7.19. The Bertz CT molecular complexity index is 591. The van der Waals surface area contributed by atoms with Gasteiger partial charge in [-0.25, -0.2) is 0 Å². The highest BCUT2D eigenvalue weighted by atomic mass is 16.7. The Morgan fingerprint density at radius 3 is 2.46 bits per heavy atom. The van der Waals surface area contributed by atoms with E-state index in [0.29, 0.717) is 0 Å². The van der Waals surface area contributed by atoms with Crippen molar-refractivity contribution in [2.45, 2.75) is 75.8 Å². The van der Waals surface area contributed by atoms with Crippen molar-refractivity contribution in [1.82, 2.24) is 0 Å². The molecular weight excluding hydrogens is 364 g/mol.